The fraction of sp³-hybridized carbons (Fsp3) is 0.185. The normalized spacial score (nSPS) is 10.9. The Kier molecular flexibility index (Phi) is 5.53. The van der Waals surface area contributed by atoms with Crippen molar-refractivity contribution in [1.29, 1.82) is 0 Å². The largest absolute Gasteiger partial charge is 0.489 e. The molecule has 2 heteroatoms. The van der Waals surface area contributed by atoms with Gasteiger partial charge < -0.3 is 10.1 Å². The summed E-state index contributed by atoms with van der Waals surface area (Å²) in [6.45, 7) is 7.68. The molecule has 0 aliphatic carbocycles. The van der Waals surface area contributed by atoms with E-state index in [2.05, 4.69) is 105 Å². The molecule has 0 heterocycles. The van der Waals surface area contributed by atoms with Crippen molar-refractivity contribution < 1.29 is 4.74 Å². The van der Waals surface area contributed by atoms with Crippen molar-refractivity contribution in [3.8, 4) is 5.75 Å². The van der Waals surface area contributed by atoms with E-state index in [1.54, 1.807) is 0 Å². The average molecular weight is 382 g/mol. The van der Waals surface area contributed by atoms with Gasteiger partial charge >= 0.3 is 0 Å². The zero-order chi connectivity index (χ0) is 20.2. The first-order valence-corrected chi connectivity index (χ1v) is 10.1. The second-order valence-electron chi connectivity index (χ2n) is 7.69. The number of nitrogens with one attached hydrogen (secondary N) is 1. The van der Waals surface area contributed by atoms with Crippen molar-refractivity contribution in [2.24, 2.45) is 0 Å². The Hall–Kier alpha value is -3.26. The van der Waals surface area contributed by atoms with Crippen LogP contribution in [0.2, 0.25) is 0 Å². The van der Waals surface area contributed by atoms with Gasteiger partial charge in [-0.2, -0.15) is 0 Å². The summed E-state index contributed by atoms with van der Waals surface area (Å²) < 4.78 is 6.28. The maximum atomic E-state index is 6.28. The van der Waals surface area contributed by atoms with E-state index in [-0.39, 0.29) is 0 Å². The smallest absolute Gasteiger partial charge is 0.125 e. The lowest BCUT2D eigenvalue weighted by Gasteiger charge is -2.16. The molecule has 1 N–H and O–H groups in total. The SMILES string of the molecule is Cc1cccc(COc2ccc3ccccc3c2CNc2ccc(C)c(C)c2)c1. The Balaban J connectivity index is 1.62. The monoisotopic (exact) mass is 381 g/mol. The van der Waals surface area contributed by atoms with Gasteiger partial charge in [0.05, 0.1) is 0 Å². The minimum absolute atomic E-state index is 0.566. The van der Waals surface area contributed by atoms with Crippen LogP contribution in [0.1, 0.15) is 27.8 Å². The number of aryl methyl sites for hydroxylation is 3. The van der Waals surface area contributed by atoms with Crippen LogP contribution in [0.15, 0.2) is 78.9 Å². The van der Waals surface area contributed by atoms with Gasteiger partial charge in [-0.1, -0.05) is 66.2 Å². The van der Waals surface area contributed by atoms with Crippen molar-refractivity contribution in [3.05, 3.63) is 107 Å². The molecule has 0 aliphatic heterocycles. The molecular formula is C27H27NO. The number of fused-ring (bicyclic) bond motifs is 1. The summed E-state index contributed by atoms with van der Waals surface area (Å²) >= 11 is 0. The molecule has 0 atom stereocenters. The summed E-state index contributed by atoms with van der Waals surface area (Å²) in [5.41, 5.74) is 7.36. The molecule has 4 rings (SSSR count). The Labute approximate surface area is 173 Å². The highest BCUT2D eigenvalue weighted by Gasteiger charge is 2.10. The fourth-order valence-electron chi connectivity index (χ4n) is 3.64. The van der Waals surface area contributed by atoms with Gasteiger partial charge in [0.15, 0.2) is 0 Å². The highest BCUT2D eigenvalue weighted by atomic mass is 16.5. The van der Waals surface area contributed by atoms with Crippen LogP contribution in [0, 0.1) is 20.8 Å². The average Bonchev–Trinajstić information content (AvgIpc) is 2.73. The van der Waals surface area contributed by atoms with Crippen LogP contribution in [-0.2, 0) is 13.2 Å². The Morgan fingerprint density at radius 3 is 2.45 bits per heavy atom. The topological polar surface area (TPSA) is 21.3 Å². The molecular weight excluding hydrogens is 354 g/mol. The fourth-order valence-corrected chi connectivity index (χ4v) is 3.64. The predicted molar refractivity (Wildman–Crippen MR) is 123 cm³/mol. The summed E-state index contributed by atoms with van der Waals surface area (Å²) in [5.74, 6) is 0.932. The molecule has 0 aromatic heterocycles. The first kappa shape index (κ1) is 19.1. The predicted octanol–water partition coefficient (Wildman–Crippen LogP) is 6.96. The first-order chi connectivity index (χ1) is 14.1. The second kappa shape index (κ2) is 8.40. The molecule has 0 saturated carbocycles. The van der Waals surface area contributed by atoms with E-state index in [9.17, 15) is 0 Å². The van der Waals surface area contributed by atoms with E-state index in [4.69, 9.17) is 4.74 Å². The maximum absolute atomic E-state index is 6.28. The van der Waals surface area contributed by atoms with Gasteiger partial charge in [0.1, 0.15) is 12.4 Å². The van der Waals surface area contributed by atoms with Crippen molar-refractivity contribution in [1.82, 2.24) is 0 Å². The summed E-state index contributed by atoms with van der Waals surface area (Å²) in [7, 11) is 0. The molecule has 0 amide bonds. The van der Waals surface area contributed by atoms with E-state index in [1.807, 2.05) is 0 Å². The highest BCUT2D eigenvalue weighted by molar-refractivity contribution is 5.88. The molecule has 0 radical (unpaired) electrons. The quantitative estimate of drug-likeness (QED) is 0.390. The lowest BCUT2D eigenvalue weighted by atomic mass is 10.0. The van der Waals surface area contributed by atoms with Gasteiger partial charge in [0.25, 0.3) is 0 Å². The van der Waals surface area contributed by atoms with Gasteiger partial charge in [0.2, 0.25) is 0 Å². The second-order valence-corrected chi connectivity index (χ2v) is 7.69. The standard InChI is InChI=1S/C27H27NO/c1-19-7-6-8-22(15-19)18-29-27-14-12-23-9-4-5-10-25(23)26(27)17-28-24-13-11-20(2)21(3)16-24/h4-16,28H,17-18H2,1-3H3. The molecule has 0 fully saturated rings. The summed E-state index contributed by atoms with van der Waals surface area (Å²) in [6, 6.07) is 27.7. The van der Waals surface area contributed by atoms with Gasteiger partial charge in [-0.15, -0.1) is 0 Å². The van der Waals surface area contributed by atoms with Gasteiger partial charge in [-0.05, 0) is 66.4 Å². The molecule has 0 unspecified atom stereocenters. The first-order valence-electron chi connectivity index (χ1n) is 10.1. The number of ether oxygens (including phenoxy) is 1. The van der Waals surface area contributed by atoms with Crippen LogP contribution in [-0.4, -0.2) is 0 Å². The molecule has 0 saturated heterocycles. The van der Waals surface area contributed by atoms with E-state index in [0.29, 0.717) is 13.2 Å². The molecule has 4 aromatic carbocycles. The van der Waals surface area contributed by atoms with Gasteiger partial charge in [-0.3, -0.25) is 0 Å². The molecule has 0 spiro atoms. The molecule has 146 valence electrons. The highest BCUT2D eigenvalue weighted by Crippen LogP contribution is 2.30. The van der Waals surface area contributed by atoms with E-state index in [1.165, 1.54) is 38.6 Å². The van der Waals surface area contributed by atoms with Gasteiger partial charge in [0, 0.05) is 17.8 Å². The van der Waals surface area contributed by atoms with Gasteiger partial charge in [-0.25, -0.2) is 0 Å². The molecule has 0 aliphatic rings. The molecule has 29 heavy (non-hydrogen) atoms. The third-order valence-corrected chi connectivity index (χ3v) is 5.45. The lowest BCUT2D eigenvalue weighted by Crippen LogP contribution is -2.05. The minimum Gasteiger partial charge on any atom is -0.489 e. The summed E-state index contributed by atoms with van der Waals surface area (Å²) in [4.78, 5) is 0. The minimum atomic E-state index is 0.566. The van der Waals surface area contributed by atoms with E-state index in [0.717, 1.165) is 11.4 Å². The number of hydrogen-bond donors (Lipinski definition) is 1. The summed E-state index contributed by atoms with van der Waals surface area (Å²) in [6.07, 6.45) is 0. The zero-order valence-corrected chi connectivity index (χ0v) is 17.3. The van der Waals surface area contributed by atoms with Crippen LogP contribution in [0.5, 0.6) is 5.75 Å². The molecule has 2 nitrogen and oxygen atoms in total. The van der Waals surface area contributed by atoms with E-state index < -0.39 is 0 Å². The Bertz CT molecular complexity index is 1150. The van der Waals surface area contributed by atoms with Crippen molar-refractivity contribution in [2.45, 2.75) is 33.9 Å². The van der Waals surface area contributed by atoms with Crippen LogP contribution >= 0.6 is 0 Å². The molecule has 0 bridgehead atoms. The number of hydrogen-bond acceptors (Lipinski definition) is 2. The lowest BCUT2D eigenvalue weighted by molar-refractivity contribution is 0.304. The zero-order valence-electron chi connectivity index (χ0n) is 17.3. The van der Waals surface area contributed by atoms with Crippen LogP contribution in [0.25, 0.3) is 10.8 Å². The number of rotatable bonds is 6. The van der Waals surface area contributed by atoms with Crippen molar-refractivity contribution in [3.63, 3.8) is 0 Å². The van der Waals surface area contributed by atoms with Crippen LogP contribution < -0.4 is 10.1 Å². The third-order valence-electron chi connectivity index (χ3n) is 5.45. The molecule has 4 aromatic rings. The number of anilines is 1. The summed E-state index contributed by atoms with van der Waals surface area (Å²) in [5, 5.41) is 6.05. The van der Waals surface area contributed by atoms with Crippen molar-refractivity contribution in [2.75, 3.05) is 5.32 Å². The Morgan fingerprint density at radius 2 is 1.62 bits per heavy atom. The van der Waals surface area contributed by atoms with Crippen molar-refractivity contribution >= 4 is 16.5 Å². The van der Waals surface area contributed by atoms with E-state index >= 15 is 0 Å². The number of benzene rings is 4. The Morgan fingerprint density at radius 1 is 0.759 bits per heavy atom. The third kappa shape index (κ3) is 4.43. The maximum Gasteiger partial charge on any atom is 0.125 e. The van der Waals surface area contributed by atoms with Crippen LogP contribution in [0.4, 0.5) is 5.69 Å². The van der Waals surface area contributed by atoms with Crippen LogP contribution in [0.3, 0.4) is 0 Å².